The van der Waals surface area contributed by atoms with Gasteiger partial charge in [0, 0.05) is 39.1 Å². The van der Waals surface area contributed by atoms with Crippen molar-refractivity contribution in [3.63, 3.8) is 0 Å². The number of rotatable bonds is 5. The van der Waals surface area contributed by atoms with Crippen LogP contribution in [0, 0.1) is 11.8 Å². The lowest BCUT2D eigenvalue weighted by atomic mass is 10.2. The molecular weight excluding hydrogens is 278 g/mol. The van der Waals surface area contributed by atoms with Crippen LogP contribution in [0.5, 0.6) is 0 Å². The molecule has 0 spiro atoms. The summed E-state index contributed by atoms with van der Waals surface area (Å²) in [6.45, 7) is 2.42. The van der Waals surface area contributed by atoms with Crippen LogP contribution in [-0.2, 0) is 16.0 Å². The molecule has 2 heterocycles. The molecule has 1 saturated heterocycles. The number of likely N-dealkylation sites (tertiary alicyclic amines) is 1. The summed E-state index contributed by atoms with van der Waals surface area (Å²) in [4.78, 5) is 32.4. The van der Waals surface area contributed by atoms with Crippen molar-refractivity contribution in [3.05, 3.63) is 30.1 Å². The first-order valence-corrected chi connectivity index (χ1v) is 8.09. The number of nitrogens with zero attached hydrogens (tertiary/aromatic N) is 3. The minimum absolute atomic E-state index is 0.0611. The van der Waals surface area contributed by atoms with Crippen molar-refractivity contribution in [3.8, 4) is 0 Å². The van der Waals surface area contributed by atoms with E-state index in [2.05, 4.69) is 4.98 Å². The Bertz CT molecular complexity index is 540. The fourth-order valence-corrected chi connectivity index (χ4v) is 3.15. The highest BCUT2D eigenvalue weighted by molar-refractivity contribution is 5.92. The summed E-state index contributed by atoms with van der Waals surface area (Å²) in [7, 11) is 1.83. The lowest BCUT2D eigenvalue weighted by Crippen LogP contribution is -2.34. The maximum absolute atomic E-state index is 12.4. The van der Waals surface area contributed by atoms with E-state index in [1.807, 2.05) is 24.1 Å². The molecule has 0 bridgehead atoms. The second kappa shape index (κ2) is 6.46. The van der Waals surface area contributed by atoms with E-state index >= 15 is 0 Å². The topological polar surface area (TPSA) is 53.5 Å². The fourth-order valence-electron chi connectivity index (χ4n) is 3.15. The average Bonchev–Trinajstić information content (AvgIpc) is 3.16. The molecule has 2 aliphatic rings. The van der Waals surface area contributed by atoms with Gasteiger partial charge in [-0.1, -0.05) is 0 Å². The molecule has 5 nitrogen and oxygen atoms in total. The Kier molecular flexibility index (Phi) is 4.41. The predicted molar refractivity (Wildman–Crippen MR) is 83.0 cm³/mol. The van der Waals surface area contributed by atoms with Crippen LogP contribution in [0.25, 0.3) is 0 Å². The molecule has 2 fully saturated rings. The van der Waals surface area contributed by atoms with Gasteiger partial charge in [-0.25, -0.2) is 0 Å². The van der Waals surface area contributed by atoms with Crippen LogP contribution in [0.3, 0.4) is 0 Å². The van der Waals surface area contributed by atoms with Gasteiger partial charge in [0.2, 0.25) is 11.8 Å². The molecule has 2 atom stereocenters. The highest BCUT2D eigenvalue weighted by Gasteiger charge is 2.50. The zero-order valence-electron chi connectivity index (χ0n) is 13.1. The number of amides is 2. The van der Waals surface area contributed by atoms with Gasteiger partial charge >= 0.3 is 0 Å². The fraction of sp³-hybridized carbons (Fsp3) is 0.588. The Balaban J connectivity index is 1.46. The third-order valence-electron chi connectivity index (χ3n) is 4.70. The number of aromatic nitrogens is 1. The standard InChI is InChI=1S/C17H23N3O2/c1-19(11-6-13-4-7-18-8-5-13)16(21)14-12-15(14)17(22)20-9-2-3-10-20/h4-5,7-8,14-15H,2-3,6,9-12H2,1H3. The van der Waals surface area contributed by atoms with Crippen molar-refractivity contribution < 1.29 is 9.59 Å². The summed E-state index contributed by atoms with van der Waals surface area (Å²) >= 11 is 0. The Morgan fingerprint density at radius 3 is 2.59 bits per heavy atom. The Labute approximate surface area is 131 Å². The molecular formula is C17H23N3O2. The van der Waals surface area contributed by atoms with Gasteiger partial charge in [-0.2, -0.15) is 0 Å². The van der Waals surface area contributed by atoms with Gasteiger partial charge in [-0.3, -0.25) is 14.6 Å². The maximum Gasteiger partial charge on any atom is 0.226 e. The van der Waals surface area contributed by atoms with Crippen LogP contribution in [-0.4, -0.2) is 53.3 Å². The highest BCUT2D eigenvalue weighted by atomic mass is 16.2. The van der Waals surface area contributed by atoms with Crippen molar-refractivity contribution in [2.45, 2.75) is 25.7 Å². The Morgan fingerprint density at radius 2 is 1.91 bits per heavy atom. The smallest absolute Gasteiger partial charge is 0.226 e. The minimum Gasteiger partial charge on any atom is -0.345 e. The second-order valence-corrected chi connectivity index (χ2v) is 6.35. The van der Waals surface area contributed by atoms with E-state index in [0.29, 0.717) is 6.54 Å². The van der Waals surface area contributed by atoms with Crippen molar-refractivity contribution in [2.24, 2.45) is 11.8 Å². The van der Waals surface area contributed by atoms with Gasteiger partial charge in [-0.15, -0.1) is 0 Å². The first-order valence-electron chi connectivity index (χ1n) is 8.09. The Hall–Kier alpha value is -1.91. The van der Waals surface area contributed by atoms with Crippen LogP contribution >= 0.6 is 0 Å². The monoisotopic (exact) mass is 301 g/mol. The maximum atomic E-state index is 12.4. The number of hydrogen-bond acceptors (Lipinski definition) is 3. The van der Waals surface area contributed by atoms with Crippen molar-refractivity contribution in [1.82, 2.24) is 14.8 Å². The zero-order valence-corrected chi connectivity index (χ0v) is 13.1. The molecule has 2 amide bonds. The molecule has 5 heteroatoms. The van der Waals surface area contributed by atoms with E-state index in [0.717, 1.165) is 38.8 Å². The molecule has 118 valence electrons. The second-order valence-electron chi connectivity index (χ2n) is 6.35. The van der Waals surface area contributed by atoms with Crippen LogP contribution in [0.15, 0.2) is 24.5 Å². The van der Waals surface area contributed by atoms with E-state index in [9.17, 15) is 9.59 Å². The lowest BCUT2D eigenvalue weighted by Gasteiger charge is -2.18. The SMILES string of the molecule is CN(CCc1ccncc1)C(=O)C1CC1C(=O)N1CCCC1. The molecule has 1 aromatic rings. The van der Waals surface area contributed by atoms with E-state index in [1.165, 1.54) is 5.56 Å². The van der Waals surface area contributed by atoms with E-state index in [4.69, 9.17) is 0 Å². The van der Waals surface area contributed by atoms with Crippen molar-refractivity contribution in [2.75, 3.05) is 26.7 Å². The number of likely N-dealkylation sites (N-methyl/N-ethyl adjacent to an activating group) is 1. The number of carbonyl (C=O) groups excluding carboxylic acids is 2. The third kappa shape index (κ3) is 3.29. The molecule has 3 rings (SSSR count). The zero-order chi connectivity index (χ0) is 15.5. The quantitative estimate of drug-likeness (QED) is 0.825. The molecule has 1 aliphatic heterocycles. The third-order valence-corrected chi connectivity index (χ3v) is 4.70. The molecule has 22 heavy (non-hydrogen) atoms. The largest absolute Gasteiger partial charge is 0.345 e. The molecule has 0 aromatic carbocycles. The van der Waals surface area contributed by atoms with Crippen LogP contribution in [0.1, 0.15) is 24.8 Å². The van der Waals surface area contributed by atoms with E-state index in [1.54, 1.807) is 17.3 Å². The number of carbonyl (C=O) groups is 2. The van der Waals surface area contributed by atoms with Crippen molar-refractivity contribution in [1.29, 1.82) is 0 Å². The molecule has 0 radical (unpaired) electrons. The van der Waals surface area contributed by atoms with Gasteiger partial charge in [0.1, 0.15) is 0 Å². The lowest BCUT2D eigenvalue weighted by molar-refractivity contribution is -0.136. The first-order chi connectivity index (χ1) is 10.7. The summed E-state index contributed by atoms with van der Waals surface area (Å²) in [5, 5.41) is 0. The van der Waals surface area contributed by atoms with Gasteiger partial charge in [0.15, 0.2) is 0 Å². The van der Waals surface area contributed by atoms with Crippen molar-refractivity contribution >= 4 is 11.8 Å². The van der Waals surface area contributed by atoms with Crippen LogP contribution in [0.2, 0.25) is 0 Å². The molecule has 1 aliphatic carbocycles. The Morgan fingerprint density at radius 1 is 1.23 bits per heavy atom. The average molecular weight is 301 g/mol. The molecule has 1 saturated carbocycles. The van der Waals surface area contributed by atoms with Gasteiger partial charge in [-0.05, 0) is 43.4 Å². The van der Waals surface area contributed by atoms with Gasteiger partial charge < -0.3 is 9.80 Å². The number of hydrogen-bond donors (Lipinski definition) is 0. The molecule has 1 aromatic heterocycles. The van der Waals surface area contributed by atoms with Crippen LogP contribution < -0.4 is 0 Å². The molecule has 0 N–H and O–H groups in total. The number of pyridine rings is 1. The van der Waals surface area contributed by atoms with Crippen LogP contribution in [0.4, 0.5) is 0 Å². The summed E-state index contributed by atoms with van der Waals surface area (Å²) < 4.78 is 0. The normalized spacial score (nSPS) is 23.4. The minimum atomic E-state index is -0.0875. The van der Waals surface area contributed by atoms with Gasteiger partial charge in [0.25, 0.3) is 0 Å². The van der Waals surface area contributed by atoms with E-state index < -0.39 is 0 Å². The summed E-state index contributed by atoms with van der Waals surface area (Å²) in [5.74, 6) is 0.162. The predicted octanol–water partition coefficient (Wildman–Crippen LogP) is 1.34. The summed E-state index contributed by atoms with van der Waals surface area (Å²) in [6.07, 6.45) is 7.29. The first kappa shape index (κ1) is 15.0. The van der Waals surface area contributed by atoms with E-state index in [-0.39, 0.29) is 23.7 Å². The summed E-state index contributed by atoms with van der Waals surface area (Å²) in [5.41, 5.74) is 1.18. The molecule has 2 unspecified atom stereocenters. The summed E-state index contributed by atoms with van der Waals surface area (Å²) in [6, 6.07) is 3.93. The van der Waals surface area contributed by atoms with Gasteiger partial charge in [0.05, 0.1) is 11.8 Å². The highest BCUT2D eigenvalue weighted by Crippen LogP contribution is 2.41.